The number of carbonyl (C=O) groups excluding carboxylic acids is 1. The molecule has 5 rings (SSSR count). The molecule has 0 fully saturated rings. The lowest BCUT2D eigenvalue weighted by atomic mass is 10.1. The van der Waals surface area contributed by atoms with Crippen molar-refractivity contribution in [1.82, 2.24) is 30.4 Å². The number of amides is 1. The molecule has 0 radical (unpaired) electrons. The molecule has 1 N–H and O–H groups in total. The molecule has 0 atom stereocenters. The van der Waals surface area contributed by atoms with E-state index in [9.17, 15) is 4.79 Å². The fourth-order valence-corrected chi connectivity index (χ4v) is 3.62. The van der Waals surface area contributed by atoms with Crippen LogP contribution in [-0.2, 0) is 0 Å². The van der Waals surface area contributed by atoms with E-state index in [0.29, 0.717) is 40.3 Å². The van der Waals surface area contributed by atoms with Crippen molar-refractivity contribution in [2.45, 2.75) is 13.8 Å². The molecular weight excluding hydrogens is 446 g/mol. The number of nitrogens with zero attached hydrogens (tertiary/aromatic N) is 6. The summed E-state index contributed by atoms with van der Waals surface area (Å²) in [6.45, 7) is 3.77. The lowest BCUT2D eigenvalue weighted by molar-refractivity contribution is 0.102. The van der Waals surface area contributed by atoms with E-state index in [1.807, 2.05) is 31.2 Å². The highest BCUT2D eigenvalue weighted by atomic mass is 16.5. The summed E-state index contributed by atoms with van der Waals surface area (Å²) in [6.07, 6.45) is 0. The Bertz CT molecular complexity index is 1510. The predicted molar refractivity (Wildman–Crippen MR) is 128 cm³/mol. The van der Waals surface area contributed by atoms with Crippen molar-refractivity contribution in [1.29, 1.82) is 0 Å². The summed E-state index contributed by atoms with van der Waals surface area (Å²) in [4.78, 5) is 12.9. The molecule has 3 aromatic carbocycles. The van der Waals surface area contributed by atoms with Crippen molar-refractivity contribution in [2.24, 2.45) is 0 Å². The topological polar surface area (TPSA) is 121 Å². The Hall–Kier alpha value is -4.86. The molecule has 0 aliphatic rings. The van der Waals surface area contributed by atoms with Crippen molar-refractivity contribution in [3.05, 3.63) is 83.7 Å². The molecule has 1 amide bonds. The van der Waals surface area contributed by atoms with Crippen LogP contribution < -0.4 is 10.1 Å². The summed E-state index contributed by atoms with van der Waals surface area (Å²) >= 11 is 0. The van der Waals surface area contributed by atoms with E-state index in [0.717, 1.165) is 16.7 Å². The van der Waals surface area contributed by atoms with Crippen LogP contribution in [-0.4, -0.2) is 43.4 Å². The fraction of sp³-hybridized carbons (Fsp3) is 0.120. The molecule has 0 unspecified atom stereocenters. The van der Waals surface area contributed by atoms with Gasteiger partial charge in [0, 0.05) is 22.4 Å². The number of hydrogen-bond acceptors (Lipinski definition) is 8. The van der Waals surface area contributed by atoms with Crippen LogP contribution in [0.2, 0.25) is 0 Å². The Balaban J connectivity index is 1.34. The molecule has 0 saturated heterocycles. The van der Waals surface area contributed by atoms with Crippen LogP contribution in [0, 0.1) is 13.8 Å². The van der Waals surface area contributed by atoms with Gasteiger partial charge in [0.15, 0.2) is 5.82 Å². The minimum absolute atomic E-state index is 0.271. The zero-order chi connectivity index (χ0) is 24.4. The number of rotatable bonds is 6. The van der Waals surface area contributed by atoms with E-state index in [4.69, 9.17) is 9.15 Å². The molecule has 0 aliphatic carbocycles. The summed E-state index contributed by atoms with van der Waals surface area (Å²) in [7, 11) is 1.56. The fourth-order valence-electron chi connectivity index (χ4n) is 3.62. The van der Waals surface area contributed by atoms with Crippen LogP contribution in [0.1, 0.15) is 21.7 Å². The molecule has 0 aliphatic heterocycles. The molecule has 0 saturated carbocycles. The molecule has 174 valence electrons. The van der Waals surface area contributed by atoms with Gasteiger partial charge in [0.2, 0.25) is 11.8 Å². The van der Waals surface area contributed by atoms with Gasteiger partial charge in [-0.1, -0.05) is 18.2 Å². The lowest BCUT2D eigenvalue weighted by Gasteiger charge is -2.12. The number of methoxy groups -OCH3 is 1. The maximum Gasteiger partial charge on any atom is 0.255 e. The van der Waals surface area contributed by atoms with E-state index in [-0.39, 0.29) is 5.91 Å². The molecule has 2 heterocycles. The molecule has 0 spiro atoms. The van der Waals surface area contributed by atoms with Gasteiger partial charge in [0.25, 0.3) is 5.91 Å². The second-order valence-corrected chi connectivity index (χ2v) is 7.78. The van der Waals surface area contributed by atoms with Crippen molar-refractivity contribution in [3.63, 3.8) is 0 Å². The monoisotopic (exact) mass is 467 g/mol. The van der Waals surface area contributed by atoms with Crippen LogP contribution in [0.5, 0.6) is 5.75 Å². The Morgan fingerprint density at radius 2 is 1.71 bits per heavy atom. The van der Waals surface area contributed by atoms with Gasteiger partial charge in [-0.25, -0.2) is 0 Å². The van der Waals surface area contributed by atoms with Crippen LogP contribution >= 0.6 is 0 Å². The summed E-state index contributed by atoms with van der Waals surface area (Å²) in [6, 6.07) is 20.0. The van der Waals surface area contributed by atoms with Crippen LogP contribution in [0.4, 0.5) is 5.69 Å². The largest absolute Gasteiger partial charge is 0.494 e. The van der Waals surface area contributed by atoms with Gasteiger partial charge < -0.3 is 14.5 Å². The van der Waals surface area contributed by atoms with Gasteiger partial charge in [0.05, 0.1) is 7.11 Å². The maximum atomic E-state index is 12.9. The Morgan fingerprint density at radius 1 is 0.943 bits per heavy atom. The quantitative estimate of drug-likeness (QED) is 0.393. The van der Waals surface area contributed by atoms with Crippen molar-refractivity contribution >= 4 is 11.6 Å². The Kier molecular flexibility index (Phi) is 5.76. The molecule has 10 nitrogen and oxygen atoms in total. The van der Waals surface area contributed by atoms with E-state index >= 15 is 0 Å². The average molecular weight is 467 g/mol. The SMILES string of the molecule is COc1ccc(NC(=O)c2ccc(-c3nnc(-c4ccccc4C)o3)cc2)cc1-n1nnnc1C. The van der Waals surface area contributed by atoms with Crippen molar-refractivity contribution in [2.75, 3.05) is 12.4 Å². The first-order chi connectivity index (χ1) is 17.0. The Morgan fingerprint density at radius 3 is 2.43 bits per heavy atom. The predicted octanol–water partition coefficient (Wildman–Crippen LogP) is 4.26. The molecule has 2 aromatic heterocycles. The number of tetrazole rings is 1. The molecular formula is C25H21N7O3. The number of aryl methyl sites for hydroxylation is 2. The minimum Gasteiger partial charge on any atom is -0.494 e. The smallest absolute Gasteiger partial charge is 0.255 e. The van der Waals surface area contributed by atoms with E-state index in [1.54, 1.807) is 61.2 Å². The molecule has 35 heavy (non-hydrogen) atoms. The highest BCUT2D eigenvalue weighted by molar-refractivity contribution is 6.04. The number of hydrogen-bond donors (Lipinski definition) is 1. The summed E-state index contributed by atoms with van der Waals surface area (Å²) < 4.78 is 12.8. The molecule has 0 bridgehead atoms. The number of nitrogens with one attached hydrogen (secondary N) is 1. The molecule has 10 heteroatoms. The third-order valence-corrected chi connectivity index (χ3v) is 5.48. The number of carbonyl (C=O) groups is 1. The standard InChI is InChI=1S/C25H21N7O3/c1-15-6-4-5-7-20(15)25-29-28-24(35-25)18-10-8-17(9-11-18)23(33)26-19-12-13-22(34-3)21(14-19)32-16(2)27-30-31-32/h4-14H,1-3H3,(H,26,33). The third kappa shape index (κ3) is 4.36. The molecule has 5 aromatic rings. The second-order valence-electron chi connectivity index (χ2n) is 7.78. The van der Waals surface area contributed by atoms with Gasteiger partial charge in [-0.2, -0.15) is 4.68 Å². The highest BCUT2D eigenvalue weighted by Gasteiger charge is 2.15. The summed E-state index contributed by atoms with van der Waals surface area (Å²) in [5.74, 6) is 1.73. The first-order valence-corrected chi connectivity index (χ1v) is 10.8. The van der Waals surface area contributed by atoms with Crippen LogP contribution in [0.3, 0.4) is 0 Å². The van der Waals surface area contributed by atoms with E-state index < -0.39 is 0 Å². The zero-order valence-electron chi connectivity index (χ0n) is 19.3. The van der Waals surface area contributed by atoms with Gasteiger partial charge in [-0.05, 0) is 78.4 Å². The normalized spacial score (nSPS) is 10.8. The van der Waals surface area contributed by atoms with E-state index in [2.05, 4.69) is 31.0 Å². The highest BCUT2D eigenvalue weighted by Crippen LogP contribution is 2.28. The minimum atomic E-state index is -0.271. The van der Waals surface area contributed by atoms with Gasteiger partial charge in [-0.3, -0.25) is 4.79 Å². The second kappa shape index (κ2) is 9.18. The van der Waals surface area contributed by atoms with Gasteiger partial charge >= 0.3 is 0 Å². The van der Waals surface area contributed by atoms with Crippen molar-refractivity contribution in [3.8, 4) is 34.3 Å². The summed E-state index contributed by atoms with van der Waals surface area (Å²) in [5.41, 5.74) is 4.32. The number of aromatic nitrogens is 6. The van der Waals surface area contributed by atoms with Crippen LogP contribution in [0.15, 0.2) is 71.1 Å². The van der Waals surface area contributed by atoms with Gasteiger partial charge in [-0.15, -0.1) is 15.3 Å². The zero-order valence-corrected chi connectivity index (χ0v) is 19.3. The average Bonchev–Trinajstić information content (AvgIpc) is 3.54. The lowest BCUT2D eigenvalue weighted by Crippen LogP contribution is -2.12. The van der Waals surface area contributed by atoms with E-state index in [1.165, 1.54) is 0 Å². The summed E-state index contributed by atoms with van der Waals surface area (Å²) in [5, 5.41) is 22.8. The maximum absolute atomic E-state index is 12.9. The van der Waals surface area contributed by atoms with Crippen LogP contribution in [0.25, 0.3) is 28.6 Å². The first kappa shape index (κ1) is 22.0. The number of ether oxygens (including phenoxy) is 1. The third-order valence-electron chi connectivity index (χ3n) is 5.48. The van der Waals surface area contributed by atoms with Gasteiger partial charge in [0.1, 0.15) is 11.4 Å². The number of anilines is 1. The number of benzene rings is 3. The Labute approximate surface area is 200 Å². The first-order valence-electron chi connectivity index (χ1n) is 10.8. The van der Waals surface area contributed by atoms with Crippen molar-refractivity contribution < 1.29 is 13.9 Å².